The second-order valence-electron chi connectivity index (χ2n) is 6.63. The Bertz CT molecular complexity index is 1050. The van der Waals surface area contributed by atoms with Crippen LogP contribution in [0.3, 0.4) is 0 Å². The molecule has 1 aliphatic rings. The molecular formula is C20H15F3O4. The molecule has 1 heterocycles. The van der Waals surface area contributed by atoms with Gasteiger partial charge in [-0.2, -0.15) is 13.2 Å². The SMILES string of the molecule is Cc1oc2ccc(OC3Cc4ccc(C(F)(F)F)cc4C3)cc2c1C(=O)O. The van der Waals surface area contributed by atoms with E-state index in [1.807, 2.05) is 0 Å². The molecule has 0 radical (unpaired) electrons. The van der Waals surface area contributed by atoms with Gasteiger partial charge in [-0.15, -0.1) is 0 Å². The van der Waals surface area contributed by atoms with Crippen LogP contribution in [0, 0.1) is 6.92 Å². The van der Waals surface area contributed by atoms with Crippen molar-refractivity contribution in [2.24, 2.45) is 0 Å². The average molecular weight is 376 g/mol. The monoisotopic (exact) mass is 376 g/mol. The number of hydrogen-bond acceptors (Lipinski definition) is 3. The van der Waals surface area contributed by atoms with Crippen LogP contribution in [0.25, 0.3) is 11.0 Å². The van der Waals surface area contributed by atoms with Crippen LogP contribution in [0.15, 0.2) is 40.8 Å². The zero-order valence-corrected chi connectivity index (χ0v) is 14.3. The Morgan fingerprint density at radius 1 is 1.15 bits per heavy atom. The summed E-state index contributed by atoms with van der Waals surface area (Å²) in [6, 6.07) is 8.64. The minimum Gasteiger partial charge on any atom is -0.490 e. The maximum Gasteiger partial charge on any atom is 0.416 e. The summed E-state index contributed by atoms with van der Waals surface area (Å²) in [4.78, 5) is 11.4. The van der Waals surface area contributed by atoms with Crippen LogP contribution in [-0.2, 0) is 19.0 Å². The third-order valence-corrected chi connectivity index (χ3v) is 4.78. The van der Waals surface area contributed by atoms with Crippen LogP contribution in [0.4, 0.5) is 13.2 Å². The van der Waals surface area contributed by atoms with E-state index in [0.717, 1.165) is 11.6 Å². The number of benzene rings is 2. The molecule has 2 aromatic carbocycles. The van der Waals surface area contributed by atoms with Gasteiger partial charge in [0.15, 0.2) is 0 Å². The maximum atomic E-state index is 12.9. The molecule has 0 fully saturated rings. The van der Waals surface area contributed by atoms with E-state index in [0.29, 0.717) is 40.9 Å². The Morgan fingerprint density at radius 3 is 2.59 bits per heavy atom. The highest BCUT2D eigenvalue weighted by Crippen LogP contribution is 2.35. The average Bonchev–Trinajstić information content (AvgIpc) is 3.12. The molecule has 0 amide bonds. The Kier molecular flexibility index (Phi) is 3.91. The molecule has 1 atom stereocenters. The van der Waals surface area contributed by atoms with Gasteiger partial charge in [-0.1, -0.05) is 6.07 Å². The van der Waals surface area contributed by atoms with Crippen molar-refractivity contribution in [3.8, 4) is 5.75 Å². The molecule has 4 nitrogen and oxygen atoms in total. The summed E-state index contributed by atoms with van der Waals surface area (Å²) in [5.41, 5.74) is 1.32. The molecule has 7 heteroatoms. The molecule has 0 saturated heterocycles. The summed E-state index contributed by atoms with van der Waals surface area (Å²) in [5, 5.41) is 9.78. The Hall–Kier alpha value is -2.96. The lowest BCUT2D eigenvalue weighted by atomic mass is 10.1. The Labute approximate surface area is 152 Å². The van der Waals surface area contributed by atoms with E-state index in [-0.39, 0.29) is 11.7 Å². The van der Waals surface area contributed by atoms with Crippen molar-refractivity contribution in [3.05, 3.63) is 64.4 Å². The van der Waals surface area contributed by atoms with Gasteiger partial charge in [0.05, 0.1) is 5.56 Å². The minimum absolute atomic E-state index is 0.0833. The number of fused-ring (bicyclic) bond motifs is 2. The minimum atomic E-state index is -4.37. The number of rotatable bonds is 3. The number of alkyl halides is 3. The number of ether oxygens (including phenoxy) is 1. The molecule has 1 aromatic heterocycles. The normalized spacial score (nSPS) is 16.5. The fraction of sp³-hybridized carbons (Fsp3) is 0.250. The van der Waals surface area contributed by atoms with Gasteiger partial charge in [0.2, 0.25) is 0 Å². The second kappa shape index (κ2) is 6.04. The zero-order valence-electron chi connectivity index (χ0n) is 14.3. The van der Waals surface area contributed by atoms with Gasteiger partial charge in [-0.25, -0.2) is 4.79 Å². The maximum absolute atomic E-state index is 12.9. The summed E-state index contributed by atoms with van der Waals surface area (Å²) in [6.45, 7) is 1.58. The van der Waals surface area contributed by atoms with Crippen LogP contribution in [-0.4, -0.2) is 17.2 Å². The smallest absolute Gasteiger partial charge is 0.416 e. The third kappa shape index (κ3) is 3.13. The van der Waals surface area contributed by atoms with Crippen LogP contribution < -0.4 is 4.74 Å². The van der Waals surface area contributed by atoms with E-state index in [4.69, 9.17) is 9.15 Å². The quantitative estimate of drug-likeness (QED) is 0.699. The van der Waals surface area contributed by atoms with Gasteiger partial charge in [0, 0.05) is 18.2 Å². The molecule has 140 valence electrons. The van der Waals surface area contributed by atoms with Crippen molar-refractivity contribution in [1.29, 1.82) is 0 Å². The molecule has 1 unspecified atom stereocenters. The van der Waals surface area contributed by atoms with Gasteiger partial charge in [0.25, 0.3) is 0 Å². The second-order valence-corrected chi connectivity index (χ2v) is 6.63. The van der Waals surface area contributed by atoms with Crippen molar-refractivity contribution < 1.29 is 32.2 Å². The van der Waals surface area contributed by atoms with E-state index in [2.05, 4.69) is 0 Å². The van der Waals surface area contributed by atoms with E-state index >= 15 is 0 Å². The summed E-state index contributed by atoms with van der Waals surface area (Å²) < 4.78 is 50.0. The van der Waals surface area contributed by atoms with Crippen LogP contribution in [0.5, 0.6) is 5.75 Å². The lowest BCUT2D eigenvalue weighted by Crippen LogP contribution is -2.16. The molecule has 1 N–H and O–H groups in total. The number of furan rings is 1. The summed E-state index contributed by atoms with van der Waals surface area (Å²) >= 11 is 0. The van der Waals surface area contributed by atoms with Crippen molar-refractivity contribution in [1.82, 2.24) is 0 Å². The van der Waals surface area contributed by atoms with Gasteiger partial charge in [-0.05, 0) is 48.4 Å². The highest BCUT2D eigenvalue weighted by Gasteiger charge is 2.33. The van der Waals surface area contributed by atoms with Gasteiger partial charge in [0.1, 0.15) is 28.8 Å². The van der Waals surface area contributed by atoms with Crippen molar-refractivity contribution in [2.75, 3.05) is 0 Å². The topological polar surface area (TPSA) is 59.7 Å². The Morgan fingerprint density at radius 2 is 1.89 bits per heavy atom. The first-order chi connectivity index (χ1) is 12.7. The van der Waals surface area contributed by atoms with Crippen molar-refractivity contribution in [3.63, 3.8) is 0 Å². The van der Waals surface area contributed by atoms with E-state index in [1.165, 1.54) is 12.1 Å². The number of carboxylic acids is 1. The molecule has 4 rings (SSSR count). The molecule has 0 spiro atoms. The predicted molar refractivity (Wildman–Crippen MR) is 91.2 cm³/mol. The number of aromatic carboxylic acids is 1. The molecule has 0 aliphatic heterocycles. The highest BCUT2D eigenvalue weighted by atomic mass is 19.4. The molecule has 1 aliphatic carbocycles. The summed E-state index contributed by atoms with van der Waals surface area (Å²) in [6.07, 6.45) is -3.80. The number of halogens is 3. The first kappa shape index (κ1) is 17.5. The number of carbonyl (C=O) groups is 1. The molecule has 3 aromatic rings. The highest BCUT2D eigenvalue weighted by molar-refractivity contribution is 6.03. The van der Waals surface area contributed by atoms with E-state index in [1.54, 1.807) is 25.1 Å². The summed E-state index contributed by atoms with van der Waals surface area (Å²) in [5.74, 6) is -0.321. The van der Waals surface area contributed by atoms with E-state index in [9.17, 15) is 23.1 Å². The largest absolute Gasteiger partial charge is 0.490 e. The zero-order chi connectivity index (χ0) is 19.3. The molecule has 27 heavy (non-hydrogen) atoms. The summed E-state index contributed by atoms with van der Waals surface area (Å²) in [7, 11) is 0. The van der Waals surface area contributed by atoms with Gasteiger partial charge >= 0.3 is 12.1 Å². The van der Waals surface area contributed by atoms with Crippen molar-refractivity contribution in [2.45, 2.75) is 32.0 Å². The first-order valence-electron chi connectivity index (χ1n) is 8.34. The van der Waals surface area contributed by atoms with E-state index < -0.39 is 17.7 Å². The van der Waals surface area contributed by atoms with Crippen LogP contribution in [0.1, 0.15) is 32.8 Å². The van der Waals surface area contributed by atoms with Crippen LogP contribution in [0.2, 0.25) is 0 Å². The standard InChI is InChI=1S/C20H15F3O4/c1-10-18(19(24)25)16-9-14(4-5-17(16)26-10)27-15-7-11-2-3-13(20(21,22)23)6-12(11)8-15/h2-6,9,15H,7-8H2,1H3,(H,24,25). The lowest BCUT2D eigenvalue weighted by Gasteiger charge is -2.13. The fourth-order valence-electron chi connectivity index (χ4n) is 3.57. The number of hydrogen-bond donors (Lipinski definition) is 1. The lowest BCUT2D eigenvalue weighted by molar-refractivity contribution is -0.137. The fourth-order valence-corrected chi connectivity index (χ4v) is 3.57. The first-order valence-corrected chi connectivity index (χ1v) is 8.34. The molecule has 0 bridgehead atoms. The Balaban J connectivity index is 1.58. The predicted octanol–water partition coefficient (Wildman–Crippen LogP) is 5.00. The van der Waals surface area contributed by atoms with Crippen molar-refractivity contribution >= 4 is 16.9 Å². The van der Waals surface area contributed by atoms with Crippen LogP contribution >= 0.6 is 0 Å². The third-order valence-electron chi connectivity index (χ3n) is 4.78. The number of aryl methyl sites for hydroxylation is 1. The molecule has 0 saturated carbocycles. The van der Waals surface area contributed by atoms with Gasteiger partial charge in [-0.3, -0.25) is 0 Å². The van der Waals surface area contributed by atoms with Gasteiger partial charge < -0.3 is 14.3 Å². The number of carboxylic acid groups (broad SMARTS) is 1. The molecular weight excluding hydrogens is 361 g/mol.